The maximum Gasteiger partial charge on any atom is 0.415 e. The predicted octanol–water partition coefficient (Wildman–Crippen LogP) is 6.27. The standard InChI is InChI=1S/C26H36N2O4/c1-9-27(10-2)25(29)31-21-15-13-17(5)19(7)23(21)24-20(8)18(6)14-16-22(24)32-26(30)28(11-3)12-4/h13-16H,9-12H2,1-8H3. The summed E-state index contributed by atoms with van der Waals surface area (Å²) < 4.78 is 11.7. The molecule has 0 saturated heterocycles. The highest BCUT2D eigenvalue weighted by Gasteiger charge is 2.24. The summed E-state index contributed by atoms with van der Waals surface area (Å²) in [4.78, 5) is 28.8. The molecule has 0 saturated carbocycles. The molecule has 0 fully saturated rings. The summed E-state index contributed by atoms with van der Waals surface area (Å²) >= 11 is 0. The molecule has 2 rings (SSSR count). The Kier molecular flexibility index (Phi) is 8.70. The fraction of sp³-hybridized carbons (Fsp3) is 0.462. The first-order chi connectivity index (χ1) is 15.2. The Morgan fingerprint density at radius 2 is 0.938 bits per heavy atom. The van der Waals surface area contributed by atoms with Crippen molar-refractivity contribution in [1.29, 1.82) is 0 Å². The minimum absolute atomic E-state index is 0.397. The van der Waals surface area contributed by atoms with E-state index in [9.17, 15) is 9.59 Å². The minimum Gasteiger partial charge on any atom is -0.410 e. The van der Waals surface area contributed by atoms with Crippen LogP contribution >= 0.6 is 0 Å². The molecule has 2 aromatic rings. The topological polar surface area (TPSA) is 59.1 Å². The van der Waals surface area contributed by atoms with E-state index in [4.69, 9.17) is 9.47 Å². The summed E-state index contributed by atoms with van der Waals surface area (Å²) in [6.45, 7) is 17.9. The lowest BCUT2D eigenvalue weighted by molar-refractivity contribution is 0.156. The van der Waals surface area contributed by atoms with Crippen LogP contribution in [0.4, 0.5) is 9.59 Å². The van der Waals surface area contributed by atoms with Gasteiger partial charge in [0.25, 0.3) is 0 Å². The van der Waals surface area contributed by atoms with Crippen molar-refractivity contribution in [2.24, 2.45) is 0 Å². The fourth-order valence-corrected chi connectivity index (χ4v) is 3.65. The highest BCUT2D eigenvalue weighted by Crippen LogP contribution is 2.43. The predicted molar refractivity (Wildman–Crippen MR) is 129 cm³/mol. The Balaban J connectivity index is 2.68. The molecular formula is C26H36N2O4. The lowest BCUT2D eigenvalue weighted by Crippen LogP contribution is -2.33. The van der Waals surface area contributed by atoms with Crippen molar-refractivity contribution in [3.05, 3.63) is 46.5 Å². The van der Waals surface area contributed by atoms with E-state index in [1.54, 1.807) is 9.80 Å². The van der Waals surface area contributed by atoms with Crippen molar-refractivity contribution < 1.29 is 19.1 Å². The van der Waals surface area contributed by atoms with Gasteiger partial charge in [-0.1, -0.05) is 12.1 Å². The molecule has 32 heavy (non-hydrogen) atoms. The maximum absolute atomic E-state index is 12.7. The molecule has 174 valence electrons. The molecule has 0 atom stereocenters. The second-order valence-electron chi connectivity index (χ2n) is 7.84. The first-order valence-corrected chi connectivity index (χ1v) is 11.3. The Bertz CT molecular complexity index is 897. The third-order valence-corrected chi connectivity index (χ3v) is 6.08. The third-order valence-electron chi connectivity index (χ3n) is 6.08. The van der Waals surface area contributed by atoms with Gasteiger partial charge in [0, 0.05) is 37.3 Å². The van der Waals surface area contributed by atoms with Gasteiger partial charge in [0.05, 0.1) is 0 Å². The van der Waals surface area contributed by atoms with Crippen molar-refractivity contribution in [1.82, 2.24) is 9.80 Å². The monoisotopic (exact) mass is 440 g/mol. The Labute approximate surface area is 192 Å². The van der Waals surface area contributed by atoms with Crippen LogP contribution in [-0.4, -0.2) is 48.2 Å². The zero-order valence-electron chi connectivity index (χ0n) is 20.7. The largest absolute Gasteiger partial charge is 0.415 e. The Hall–Kier alpha value is -3.02. The molecule has 6 heteroatoms. The summed E-state index contributed by atoms with van der Waals surface area (Å²) in [5.74, 6) is 0.915. The van der Waals surface area contributed by atoms with Crippen molar-refractivity contribution >= 4 is 12.2 Å². The van der Waals surface area contributed by atoms with Gasteiger partial charge >= 0.3 is 12.2 Å². The molecular weight excluding hydrogens is 404 g/mol. The molecule has 0 heterocycles. The van der Waals surface area contributed by atoms with Crippen molar-refractivity contribution in [3.8, 4) is 22.6 Å². The second-order valence-corrected chi connectivity index (χ2v) is 7.84. The van der Waals surface area contributed by atoms with Crippen LogP contribution in [0.15, 0.2) is 24.3 Å². The normalized spacial score (nSPS) is 10.6. The molecule has 0 aromatic heterocycles. The average Bonchev–Trinajstić information content (AvgIpc) is 2.76. The Morgan fingerprint density at radius 1 is 0.625 bits per heavy atom. The van der Waals surface area contributed by atoms with E-state index in [-0.39, 0.29) is 0 Å². The van der Waals surface area contributed by atoms with E-state index in [1.807, 2.05) is 79.7 Å². The van der Waals surface area contributed by atoms with Crippen LogP contribution < -0.4 is 9.47 Å². The molecule has 0 radical (unpaired) electrons. The number of hydrogen-bond acceptors (Lipinski definition) is 4. The first kappa shape index (κ1) is 25.2. The van der Waals surface area contributed by atoms with E-state index in [2.05, 4.69) is 0 Å². The number of benzene rings is 2. The van der Waals surface area contributed by atoms with Crippen LogP contribution in [-0.2, 0) is 0 Å². The van der Waals surface area contributed by atoms with Crippen LogP contribution in [0.25, 0.3) is 11.1 Å². The highest BCUT2D eigenvalue weighted by molar-refractivity contribution is 5.86. The number of ether oxygens (including phenoxy) is 2. The molecule has 6 nitrogen and oxygen atoms in total. The van der Waals surface area contributed by atoms with E-state index in [1.165, 1.54) is 0 Å². The molecule has 0 N–H and O–H groups in total. The molecule has 0 spiro atoms. The van der Waals surface area contributed by atoms with Gasteiger partial charge in [0.2, 0.25) is 0 Å². The zero-order chi connectivity index (χ0) is 24.0. The molecule has 0 aliphatic heterocycles. The van der Waals surface area contributed by atoms with Gasteiger partial charge in [-0.15, -0.1) is 0 Å². The third kappa shape index (κ3) is 5.23. The second kappa shape index (κ2) is 11.0. The number of aryl methyl sites for hydroxylation is 2. The van der Waals surface area contributed by atoms with Crippen LogP contribution in [0.2, 0.25) is 0 Å². The highest BCUT2D eigenvalue weighted by atomic mass is 16.6. The lowest BCUT2D eigenvalue weighted by Gasteiger charge is -2.24. The smallest absolute Gasteiger partial charge is 0.410 e. The van der Waals surface area contributed by atoms with Crippen LogP contribution in [0.3, 0.4) is 0 Å². The SMILES string of the molecule is CCN(CC)C(=O)Oc1ccc(C)c(C)c1-c1c(OC(=O)N(CC)CC)ccc(C)c1C. The van der Waals surface area contributed by atoms with E-state index >= 15 is 0 Å². The van der Waals surface area contributed by atoms with E-state index < -0.39 is 12.2 Å². The minimum atomic E-state index is -0.397. The molecule has 2 aromatic carbocycles. The maximum atomic E-state index is 12.7. The Morgan fingerprint density at radius 3 is 1.22 bits per heavy atom. The van der Waals surface area contributed by atoms with Gasteiger partial charge < -0.3 is 19.3 Å². The van der Waals surface area contributed by atoms with Crippen LogP contribution in [0.5, 0.6) is 11.5 Å². The lowest BCUT2D eigenvalue weighted by atomic mass is 9.90. The van der Waals surface area contributed by atoms with Gasteiger partial charge in [0.15, 0.2) is 0 Å². The number of nitrogens with zero attached hydrogens (tertiary/aromatic N) is 2. The van der Waals surface area contributed by atoms with Crippen molar-refractivity contribution in [2.75, 3.05) is 26.2 Å². The van der Waals surface area contributed by atoms with Gasteiger partial charge in [0.1, 0.15) is 11.5 Å². The molecule has 0 aliphatic carbocycles. The molecule has 0 bridgehead atoms. The number of rotatable bonds is 7. The zero-order valence-corrected chi connectivity index (χ0v) is 20.7. The quantitative estimate of drug-likeness (QED) is 0.509. The van der Waals surface area contributed by atoms with E-state index in [0.29, 0.717) is 37.7 Å². The summed E-state index contributed by atoms with van der Waals surface area (Å²) in [5, 5.41) is 0. The summed E-state index contributed by atoms with van der Waals surface area (Å²) in [7, 11) is 0. The van der Waals surface area contributed by atoms with Crippen molar-refractivity contribution in [3.63, 3.8) is 0 Å². The summed E-state index contributed by atoms with van der Waals surface area (Å²) in [6.07, 6.45) is -0.794. The number of carbonyl (C=O) groups excluding carboxylic acids is 2. The fourth-order valence-electron chi connectivity index (χ4n) is 3.65. The van der Waals surface area contributed by atoms with Crippen molar-refractivity contribution in [2.45, 2.75) is 55.4 Å². The van der Waals surface area contributed by atoms with Gasteiger partial charge in [-0.3, -0.25) is 0 Å². The molecule has 0 aliphatic rings. The van der Waals surface area contributed by atoms with E-state index in [0.717, 1.165) is 33.4 Å². The van der Waals surface area contributed by atoms with Crippen LogP contribution in [0.1, 0.15) is 49.9 Å². The summed E-state index contributed by atoms with van der Waals surface area (Å²) in [5.41, 5.74) is 5.62. The first-order valence-electron chi connectivity index (χ1n) is 11.3. The number of carbonyl (C=O) groups is 2. The van der Waals surface area contributed by atoms with Crippen LogP contribution in [0, 0.1) is 27.7 Å². The molecule has 0 unspecified atom stereocenters. The number of hydrogen-bond donors (Lipinski definition) is 0. The molecule has 2 amide bonds. The van der Waals surface area contributed by atoms with Gasteiger partial charge in [-0.2, -0.15) is 0 Å². The average molecular weight is 441 g/mol. The summed E-state index contributed by atoms with van der Waals surface area (Å²) in [6, 6.07) is 7.51. The van der Waals surface area contributed by atoms with Gasteiger partial charge in [-0.05, 0) is 89.8 Å². The van der Waals surface area contributed by atoms with Gasteiger partial charge in [-0.25, -0.2) is 9.59 Å². The number of amides is 2.